The van der Waals surface area contributed by atoms with E-state index in [0.717, 1.165) is 36.0 Å². The Morgan fingerprint density at radius 1 is 1.32 bits per heavy atom. The van der Waals surface area contributed by atoms with Crippen molar-refractivity contribution < 1.29 is 9.18 Å². The van der Waals surface area contributed by atoms with Gasteiger partial charge in [-0.1, -0.05) is 41.9 Å². The van der Waals surface area contributed by atoms with Crippen molar-refractivity contribution in [3.8, 4) is 0 Å². The number of allylic oxidation sites excluding steroid dienone is 1. The number of nitrogens with one attached hydrogen (secondary N) is 2. The summed E-state index contributed by atoms with van der Waals surface area (Å²) < 4.78 is 13.4. The van der Waals surface area contributed by atoms with Crippen LogP contribution < -0.4 is 10.6 Å². The summed E-state index contributed by atoms with van der Waals surface area (Å²) in [6, 6.07) is 6.80. The van der Waals surface area contributed by atoms with Crippen LogP contribution >= 0.6 is 23.4 Å². The van der Waals surface area contributed by atoms with Crippen LogP contribution in [0.15, 0.2) is 42.4 Å². The maximum absolute atomic E-state index is 13.4. The molecule has 0 spiro atoms. The zero-order valence-electron chi connectivity index (χ0n) is 17.4. The molecule has 2 N–H and O–H groups in total. The molecule has 9 heteroatoms. The number of hydrogen-bond donors (Lipinski definition) is 2. The molecule has 0 saturated carbocycles. The van der Waals surface area contributed by atoms with Crippen LogP contribution in [0, 0.1) is 5.82 Å². The van der Waals surface area contributed by atoms with Crippen LogP contribution in [0.25, 0.3) is 4.91 Å². The van der Waals surface area contributed by atoms with E-state index in [-0.39, 0.29) is 11.9 Å². The number of thioether (sulfide) groups is 1. The Kier molecular flexibility index (Phi) is 6.50. The number of carbonyl (C=O) groups is 1. The van der Waals surface area contributed by atoms with Crippen molar-refractivity contribution in [1.82, 2.24) is 20.2 Å². The molecule has 2 aliphatic rings. The van der Waals surface area contributed by atoms with Crippen LogP contribution in [0.2, 0.25) is 5.02 Å². The number of carbonyl (C=O) groups excluding carboxylic acids is 1. The highest BCUT2D eigenvalue weighted by atomic mass is 35.5. The molecule has 0 radical (unpaired) electrons. The SMILES string of the molecule is CC1CCCC(CNc2ncc(Cl)cn2)N1C1(C)NC(C=O)=C(c2ccc(F)cc2)S1. The molecule has 1 fully saturated rings. The fourth-order valence-corrected chi connectivity index (χ4v) is 6.02. The third-order valence-corrected chi connectivity index (χ3v) is 7.34. The van der Waals surface area contributed by atoms with Gasteiger partial charge in [-0.3, -0.25) is 9.69 Å². The summed E-state index contributed by atoms with van der Waals surface area (Å²) in [5.41, 5.74) is 1.36. The molecule has 6 nitrogen and oxygen atoms in total. The number of rotatable bonds is 6. The topological polar surface area (TPSA) is 70.2 Å². The van der Waals surface area contributed by atoms with E-state index in [1.807, 2.05) is 0 Å². The van der Waals surface area contributed by atoms with Gasteiger partial charge < -0.3 is 10.6 Å². The predicted octanol–water partition coefficient (Wildman–Crippen LogP) is 4.50. The van der Waals surface area contributed by atoms with Gasteiger partial charge in [0.1, 0.15) is 10.8 Å². The van der Waals surface area contributed by atoms with Crippen LogP contribution in [0.4, 0.5) is 10.3 Å². The fourth-order valence-electron chi connectivity index (χ4n) is 4.47. The van der Waals surface area contributed by atoms with Gasteiger partial charge in [-0.25, -0.2) is 14.4 Å². The summed E-state index contributed by atoms with van der Waals surface area (Å²) in [5.74, 6) is 0.245. The molecule has 164 valence electrons. The van der Waals surface area contributed by atoms with E-state index in [1.54, 1.807) is 36.3 Å². The standard InChI is InChI=1S/C22H25ClFN5OS/c1-14-4-3-5-18(12-27-21-25-10-16(23)11-26-21)29(14)22(2)28-19(13-30)20(31-22)15-6-8-17(24)9-7-15/h6-11,13-14,18,28H,3-5,12H2,1-2H3,(H,25,26,27). The van der Waals surface area contributed by atoms with Crippen LogP contribution in [0.3, 0.4) is 0 Å². The Labute approximate surface area is 190 Å². The molecule has 3 atom stereocenters. The average molecular weight is 462 g/mol. The van der Waals surface area contributed by atoms with Crippen molar-refractivity contribution in [3.05, 3.63) is 58.8 Å². The predicted molar refractivity (Wildman–Crippen MR) is 123 cm³/mol. The fraction of sp³-hybridized carbons (Fsp3) is 0.409. The van der Waals surface area contributed by atoms with Crippen molar-refractivity contribution in [2.24, 2.45) is 0 Å². The zero-order valence-corrected chi connectivity index (χ0v) is 19.0. The van der Waals surface area contributed by atoms with Crippen molar-refractivity contribution >= 4 is 40.5 Å². The number of benzene rings is 1. The summed E-state index contributed by atoms with van der Waals surface area (Å²) in [6.07, 6.45) is 7.22. The number of anilines is 1. The Morgan fingerprint density at radius 3 is 2.71 bits per heavy atom. The minimum atomic E-state index is -0.507. The summed E-state index contributed by atoms with van der Waals surface area (Å²) >= 11 is 7.49. The lowest BCUT2D eigenvalue weighted by Gasteiger charge is -2.49. The maximum Gasteiger partial charge on any atom is 0.222 e. The van der Waals surface area contributed by atoms with E-state index in [1.165, 1.54) is 12.1 Å². The van der Waals surface area contributed by atoms with Crippen molar-refractivity contribution in [2.75, 3.05) is 11.9 Å². The van der Waals surface area contributed by atoms with Crippen LogP contribution in [-0.2, 0) is 4.79 Å². The third-order valence-electron chi connectivity index (χ3n) is 5.77. The molecule has 3 heterocycles. The number of nitrogens with zero attached hydrogens (tertiary/aromatic N) is 3. The Hall–Kier alpha value is -2.16. The molecule has 3 unspecified atom stereocenters. The molecule has 0 aliphatic carbocycles. The molecule has 2 aromatic rings. The molecule has 2 aliphatic heterocycles. The van der Waals surface area contributed by atoms with Gasteiger partial charge in [0.15, 0.2) is 6.29 Å². The van der Waals surface area contributed by atoms with Gasteiger partial charge in [0.2, 0.25) is 5.95 Å². The van der Waals surface area contributed by atoms with E-state index < -0.39 is 4.99 Å². The van der Waals surface area contributed by atoms with Crippen molar-refractivity contribution in [2.45, 2.75) is 50.2 Å². The van der Waals surface area contributed by atoms with Crippen LogP contribution in [0.1, 0.15) is 38.7 Å². The Bertz CT molecular complexity index is 971. The van der Waals surface area contributed by atoms with Gasteiger partial charge in [0.05, 0.1) is 23.1 Å². The van der Waals surface area contributed by atoms with Gasteiger partial charge in [0, 0.05) is 23.5 Å². The second-order valence-corrected chi connectivity index (χ2v) is 9.87. The number of halogens is 2. The number of aldehydes is 1. The molecular formula is C22H25ClFN5OS. The summed E-state index contributed by atoms with van der Waals surface area (Å²) in [4.78, 5) is 23.1. The number of hydrogen-bond acceptors (Lipinski definition) is 7. The average Bonchev–Trinajstić information content (AvgIpc) is 3.11. The molecule has 1 saturated heterocycles. The Morgan fingerprint density at radius 2 is 2.03 bits per heavy atom. The lowest BCUT2D eigenvalue weighted by Crippen LogP contribution is -2.62. The maximum atomic E-state index is 13.4. The minimum absolute atomic E-state index is 0.216. The lowest BCUT2D eigenvalue weighted by molar-refractivity contribution is -0.105. The van der Waals surface area contributed by atoms with Gasteiger partial charge >= 0.3 is 0 Å². The molecule has 1 aromatic carbocycles. The third kappa shape index (κ3) is 4.71. The quantitative estimate of drug-likeness (QED) is 0.613. The highest BCUT2D eigenvalue weighted by Gasteiger charge is 2.46. The minimum Gasteiger partial charge on any atom is -0.355 e. The highest BCUT2D eigenvalue weighted by molar-refractivity contribution is 8.09. The molecular weight excluding hydrogens is 437 g/mol. The molecule has 4 rings (SSSR count). The normalized spacial score (nSPS) is 26.6. The van der Waals surface area contributed by atoms with E-state index in [9.17, 15) is 9.18 Å². The summed E-state index contributed by atoms with van der Waals surface area (Å²) in [7, 11) is 0. The molecule has 1 aromatic heterocycles. The van der Waals surface area contributed by atoms with Crippen molar-refractivity contribution in [1.29, 1.82) is 0 Å². The van der Waals surface area contributed by atoms with E-state index >= 15 is 0 Å². The Balaban J connectivity index is 1.55. The van der Waals surface area contributed by atoms with E-state index in [0.29, 0.717) is 29.3 Å². The second-order valence-electron chi connectivity index (χ2n) is 8.02. The highest BCUT2D eigenvalue weighted by Crippen LogP contribution is 2.48. The first kappa shape index (κ1) is 22.0. The van der Waals surface area contributed by atoms with Crippen molar-refractivity contribution in [3.63, 3.8) is 0 Å². The molecule has 31 heavy (non-hydrogen) atoms. The first-order valence-electron chi connectivity index (χ1n) is 10.3. The monoisotopic (exact) mass is 461 g/mol. The second kappa shape index (κ2) is 9.14. The number of piperidine rings is 1. The molecule has 0 amide bonds. The van der Waals surface area contributed by atoms with Gasteiger partial charge in [0.25, 0.3) is 0 Å². The summed E-state index contributed by atoms with van der Waals surface area (Å²) in [5, 5.41) is 7.27. The number of aromatic nitrogens is 2. The number of likely N-dealkylation sites (tertiary alicyclic amines) is 1. The summed E-state index contributed by atoms with van der Waals surface area (Å²) in [6.45, 7) is 4.99. The lowest BCUT2D eigenvalue weighted by atomic mass is 9.95. The first-order valence-corrected chi connectivity index (χ1v) is 11.5. The van der Waals surface area contributed by atoms with Gasteiger partial charge in [-0.05, 0) is 44.4 Å². The smallest absolute Gasteiger partial charge is 0.222 e. The van der Waals surface area contributed by atoms with Crippen LogP contribution in [0.5, 0.6) is 0 Å². The van der Waals surface area contributed by atoms with E-state index in [4.69, 9.17) is 11.6 Å². The first-order chi connectivity index (χ1) is 14.9. The van der Waals surface area contributed by atoms with Gasteiger partial charge in [-0.2, -0.15) is 0 Å². The van der Waals surface area contributed by atoms with Gasteiger partial charge in [-0.15, -0.1) is 0 Å². The largest absolute Gasteiger partial charge is 0.355 e. The van der Waals surface area contributed by atoms with E-state index in [2.05, 4.69) is 39.3 Å². The zero-order chi connectivity index (χ0) is 22.0. The molecule has 0 bridgehead atoms. The van der Waals surface area contributed by atoms with Crippen LogP contribution in [-0.4, -0.2) is 44.8 Å².